The molecule has 1 saturated heterocycles. The van der Waals surface area contributed by atoms with E-state index in [1.807, 2.05) is 32.0 Å². The summed E-state index contributed by atoms with van der Waals surface area (Å²) in [5.41, 5.74) is 3.25. The number of halogens is 2. The van der Waals surface area contributed by atoms with Crippen molar-refractivity contribution in [2.24, 2.45) is 0 Å². The summed E-state index contributed by atoms with van der Waals surface area (Å²) in [5, 5.41) is 17.8. The van der Waals surface area contributed by atoms with Crippen molar-refractivity contribution in [3.63, 3.8) is 0 Å². The largest absolute Gasteiger partial charge is 0.483 e. The minimum atomic E-state index is -3.16. The van der Waals surface area contributed by atoms with Gasteiger partial charge in [0, 0.05) is 49.4 Å². The van der Waals surface area contributed by atoms with E-state index in [4.69, 9.17) is 9.47 Å². The summed E-state index contributed by atoms with van der Waals surface area (Å²) in [6.07, 6.45) is 6.10. The Morgan fingerprint density at radius 1 is 1.20 bits per heavy atom. The second-order valence-electron chi connectivity index (χ2n) is 12.3. The third kappa shape index (κ3) is 7.48. The number of nitriles is 1. The normalized spacial score (nSPS) is 16.3. The van der Waals surface area contributed by atoms with Gasteiger partial charge in [-0.25, -0.2) is 23.3 Å². The zero-order valence-corrected chi connectivity index (χ0v) is 27.5. The number of allylic oxidation sites excluding steroid dienone is 1. The molecule has 0 spiro atoms. The molecule has 0 radical (unpaired) electrons. The van der Waals surface area contributed by atoms with Crippen LogP contribution in [0.25, 0.3) is 16.6 Å². The topological polar surface area (TPSA) is 134 Å². The number of hydrogen-bond acceptors (Lipinski definition) is 11. The van der Waals surface area contributed by atoms with Crippen LogP contribution < -0.4 is 14.8 Å². The van der Waals surface area contributed by atoms with Crippen LogP contribution in [-0.4, -0.2) is 93.0 Å². The molecule has 1 aliphatic heterocycles. The van der Waals surface area contributed by atoms with Crippen LogP contribution >= 0.6 is 0 Å². The van der Waals surface area contributed by atoms with Gasteiger partial charge in [-0.1, -0.05) is 12.1 Å². The SMILES string of the molecule is Cc1cc(Nc2c(C#N)cnc3ccc(CC(=O)/C=C/CN(C)C)c(O[C@@H]4CCN(C)CC4(F)F)c23)ccc1Oc1cc2ncnn2cn1. The molecule has 14 heteroatoms. The number of anilines is 2. The van der Waals surface area contributed by atoms with Crippen LogP contribution in [0.1, 0.15) is 23.1 Å². The number of fused-ring (bicyclic) bond motifs is 2. The highest BCUT2D eigenvalue weighted by molar-refractivity contribution is 6.02. The number of carbonyl (C=O) groups is 1. The average molecular weight is 668 g/mol. The van der Waals surface area contributed by atoms with Crippen molar-refractivity contribution in [1.82, 2.24) is 34.4 Å². The van der Waals surface area contributed by atoms with Gasteiger partial charge in [0.1, 0.15) is 30.2 Å². The standard InChI is InChI=1S/C35H35F2N9O3/c1-22-14-25(8-10-28(22)48-31-16-30-40-20-42-46(30)21-41-31)43-33-24(17-38)18-39-27-9-7-23(15-26(47)6-5-12-44(2)3)34(32(27)33)49-29-11-13-45(4)19-35(29,36)37/h5-10,14,16,18,20-21,29H,11-13,15,19H2,1-4H3,(H,39,43)/b6-5+/t29-/m1/s1. The van der Waals surface area contributed by atoms with Gasteiger partial charge in [0.25, 0.3) is 5.92 Å². The zero-order valence-electron chi connectivity index (χ0n) is 27.5. The van der Waals surface area contributed by atoms with Gasteiger partial charge in [-0.3, -0.25) is 9.78 Å². The minimum absolute atomic E-state index is 0.0731. The first-order valence-corrected chi connectivity index (χ1v) is 15.6. The van der Waals surface area contributed by atoms with E-state index in [9.17, 15) is 10.1 Å². The summed E-state index contributed by atoms with van der Waals surface area (Å²) in [6, 6.07) is 12.5. The predicted octanol–water partition coefficient (Wildman–Crippen LogP) is 5.34. The van der Waals surface area contributed by atoms with Gasteiger partial charge in [0.05, 0.1) is 28.7 Å². The Hall–Kier alpha value is -5.52. The molecule has 5 aromatic rings. The number of aryl methyl sites for hydroxylation is 1. The first-order chi connectivity index (χ1) is 23.5. The smallest absolute Gasteiger partial charge is 0.296 e. The molecule has 0 amide bonds. The Balaban J connectivity index is 1.39. The molecular formula is C35H35F2N9O3. The predicted molar refractivity (Wildman–Crippen MR) is 180 cm³/mol. The maximum Gasteiger partial charge on any atom is 0.296 e. The molecule has 6 rings (SSSR count). The molecule has 49 heavy (non-hydrogen) atoms. The first-order valence-electron chi connectivity index (χ1n) is 15.6. The molecule has 0 unspecified atom stereocenters. The van der Waals surface area contributed by atoms with Crippen molar-refractivity contribution < 1.29 is 23.0 Å². The molecule has 0 bridgehead atoms. The number of likely N-dealkylation sites (N-methyl/N-ethyl adjacent to an activating group) is 1. The maximum absolute atomic E-state index is 15.4. The van der Waals surface area contributed by atoms with Crippen molar-refractivity contribution in [2.45, 2.75) is 31.8 Å². The number of pyridine rings is 1. The van der Waals surface area contributed by atoms with Gasteiger partial charge in [-0.15, -0.1) is 0 Å². The van der Waals surface area contributed by atoms with Crippen molar-refractivity contribution in [3.05, 3.63) is 84.1 Å². The van der Waals surface area contributed by atoms with E-state index in [0.29, 0.717) is 58.2 Å². The molecule has 4 heterocycles. The fourth-order valence-electron chi connectivity index (χ4n) is 5.67. The molecule has 1 fully saturated rings. The third-order valence-electron chi connectivity index (χ3n) is 8.12. The van der Waals surface area contributed by atoms with E-state index in [0.717, 1.165) is 5.56 Å². The van der Waals surface area contributed by atoms with Crippen molar-refractivity contribution in [2.75, 3.05) is 46.1 Å². The van der Waals surface area contributed by atoms with Crippen LogP contribution in [0.3, 0.4) is 0 Å². The van der Waals surface area contributed by atoms with E-state index >= 15 is 8.78 Å². The fraction of sp³-hybridized carbons (Fsp3) is 0.314. The number of nitrogens with one attached hydrogen (secondary N) is 1. The number of rotatable bonds is 11. The summed E-state index contributed by atoms with van der Waals surface area (Å²) >= 11 is 0. The third-order valence-corrected chi connectivity index (χ3v) is 8.12. The maximum atomic E-state index is 15.4. The number of nitrogens with zero attached hydrogens (tertiary/aromatic N) is 8. The second kappa shape index (κ2) is 13.9. The number of carbonyl (C=O) groups excluding carboxylic acids is 1. The monoisotopic (exact) mass is 667 g/mol. The van der Waals surface area contributed by atoms with Gasteiger partial charge in [0.15, 0.2) is 17.5 Å². The molecule has 1 N–H and O–H groups in total. The van der Waals surface area contributed by atoms with E-state index in [2.05, 4.69) is 31.4 Å². The number of likely N-dealkylation sites (tertiary alicyclic amines) is 1. The van der Waals surface area contributed by atoms with Crippen LogP contribution in [0.15, 0.2) is 67.4 Å². The van der Waals surface area contributed by atoms with Crippen LogP contribution in [0.4, 0.5) is 20.2 Å². The van der Waals surface area contributed by atoms with Gasteiger partial charge >= 0.3 is 0 Å². The fourth-order valence-corrected chi connectivity index (χ4v) is 5.67. The summed E-state index contributed by atoms with van der Waals surface area (Å²) in [7, 11) is 5.42. The molecule has 252 valence electrons. The number of aromatic nitrogens is 5. The van der Waals surface area contributed by atoms with Crippen LogP contribution in [0, 0.1) is 18.3 Å². The lowest BCUT2D eigenvalue weighted by Crippen LogP contribution is -2.52. The number of benzene rings is 2. The minimum Gasteiger partial charge on any atom is -0.483 e. The summed E-state index contributed by atoms with van der Waals surface area (Å²) < 4.78 is 44.5. The molecule has 1 aliphatic rings. The lowest BCUT2D eigenvalue weighted by molar-refractivity contribution is -0.135. The zero-order chi connectivity index (χ0) is 34.7. The van der Waals surface area contributed by atoms with Gasteiger partial charge in [-0.2, -0.15) is 10.4 Å². The summed E-state index contributed by atoms with van der Waals surface area (Å²) in [4.78, 5) is 29.4. The molecule has 2 aromatic carbocycles. The molecule has 12 nitrogen and oxygen atoms in total. The molecule has 3 aromatic heterocycles. The van der Waals surface area contributed by atoms with E-state index in [1.54, 1.807) is 48.4 Å². The number of alkyl halides is 2. The summed E-state index contributed by atoms with van der Waals surface area (Å²) in [6.45, 7) is 2.37. The molecular weight excluding hydrogens is 632 g/mol. The van der Waals surface area contributed by atoms with E-state index < -0.39 is 18.6 Å². The lowest BCUT2D eigenvalue weighted by Gasteiger charge is -2.37. The van der Waals surface area contributed by atoms with Crippen molar-refractivity contribution >= 4 is 33.7 Å². The van der Waals surface area contributed by atoms with Crippen molar-refractivity contribution in [3.8, 4) is 23.4 Å². The van der Waals surface area contributed by atoms with Gasteiger partial charge in [-0.05, 0) is 64.0 Å². The van der Waals surface area contributed by atoms with Gasteiger partial charge < -0.3 is 24.6 Å². The van der Waals surface area contributed by atoms with Crippen LogP contribution in [-0.2, 0) is 11.2 Å². The number of hydrogen-bond donors (Lipinski definition) is 1. The molecule has 1 atom stereocenters. The van der Waals surface area contributed by atoms with Crippen LogP contribution in [0.5, 0.6) is 17.4 Å². The Labute approximate surface area is 281 Å². The number of ether oxygens (including phenoxy) is 2. The van der Waals surface area contributed by atoms with Gasteiger partial charge in [0.2, 0.25) is 5.88 Å². The highest BCUT2D eigenvalue weighted by atomic mass is 19.3. The Morgan fingerprint density at radius 3 is 2.80 bits per heavy atom. The Bertz CT molecular complexity index is 2090. The number of ketones is 1. The van der Waals surface area contributed by atoms with E-state index in [1.165, 1.54) is 29.4 Å². The highest BCUT2D eigenvalue weighted by Gasteiger charge is 2.46. The van der Waals surface area contributed by atoms with E-state index in [-0.39, 0.29) is 29.9 Å². The van der Waals surface area contributed by atoms with Crippen LogP contribution in [0.2, 0.25) is 0 Å². The highest BCUT2D eigenvalue weighted by Crippen LogP contribution is 2.41. The lowest BCUT2D eigenvalue weighted by atomic mass is 9.99. The molecule has 0 saturated carbocycles. The second-order valence-corrected chi connectivity index (χ2v) is 12.3. The Kier molecular flexibility index (Phi) is 9.48. The average Bonchev–Trinajstić information content (AvgIpc) is 3.52. The first kappa shape index (κ1) is 33.4. The Morgan fingerprint density at radius 2 is 2.04 bits per heavy atom. The number of piperidine rings is 1. The van der Waals surface area contributed by atoms with Crippen molar-refractivity contribution in [1.29, 1.82) is 5.26 Å². The molecule has 0 aliphatic carbocycles. The summed E-state index contributed by atoms with van der Waals surface area (Å²) in [5.74, 6) is -2.40. The quantitative estimate of drug-likeness (QED) is 0.183.